The van der Waals surface area contributed by atoms with Gasteiger partial charge in [0.2, 0.25) is 5.91 Å². The summed E-state index contributed by atoms with van der Waals surface area (Å²) in [6.45, 7) is 2.59. The van der Waals surface area contributed by atoms with E-state index in [0.29, 0.717) is 38.3 Å². The molecule has 2 aromatic rings. The second kappa shape index (κ2) is 9.51. The van der Waals surface area contributed by atoms with Gasteiger partial charge in [0.15, 0.2) is 0 Å². The molecule has 2 aliphatic rings. The molecule has 1 N–H and O–H groups in total. The summed E-state index contributed by atoms with van der Waals surface area (Å²) < 4.78 is 50.4. The number of ether oxygens (including phenoxy) is 2. The number of halogens is 3. The van der Waals surface area contributed by atoms with E-state index in [9.17, 15) is 18.0 Å². The molecule has 0 aromatic heterocycles. The van der Waals surface area contributed by atoms with Crippen molar-refractivity contribution in [3.63, 3.8) is 0 Å². The van der Waals surface area contributed by atoms with E-state index in [0.717, 1.165) is 23.2 Å². The highest BCUT2D eigenvalue weighted by Gasteiger charge is 2.42. The van der Waals surface area contributed by atoms with Gasteiger partial charge in [-0.15, -0.1) is 0 Å². The van der Waals surface area contributed by atoms with Crippen molar-refractivity contribution < 1.29 is 27.4 Å². The number of carbonyl (C=O) groups excluding carboxylic acids is 1. The zero-order valence-electron chi connectivity index (χ0n) is 18.7. The molecule has 1 fully saturated rings. The molecule has 1 saturated heterocycles. The number of hydrogen-bond donors (Lipinski definition) is 1. The van der Waals surface area contributed by atoms with Crippen molar-refractivity contribution in [1.82, 2.24) is 5.32 Å². The summed E-state index contributed by atoms with van der Waals surface area (Å²) in [5.74, 6) is 0.0984. The first kappa shape index (κ1) is 23.2. The summed E-state index contributed by atoms with van der Waals surface area (Å²) in [4.78, 5) is 17.4. The second-order valence-corrected chi connectivity index (χ2v) is 8.34. The first-order valence-corrected chi connectivity index (χ1v) is 10.9. The minimum atomic E-state index is -4.42. The third-order valence-electron chi connectivity index (χ3n) is 6.40. The Morgan fingerprint density at radius 1 is 1.15 bits per heavy atom. The zero-order chi connectivity index (χ0) is 23.6. The van der Waals surface area contributed by atoms with Crippen LogP contribution < -0.4 is 19.9 Å². The van der Waals surface area contributed by atoms with Gasteiger partial charge >= 0.3 is 6.18 Å². The summed E-state index contributed by atoms with van der Waals surface area (Å²) in [6, 6.07) is 11.4. The molecule has 2 aliphatic heterocycles. The van der Waals surface area contributed by atoms with Gasteiger partial charge in [0.05, 0.1) is 31.2 Å². The molecule has 2 atom stereocenters. The number of alkyl halides is 3. The normalized spacial score (nSPS) is 20.2. The van der Waals surface area contributed by atoms with E-state index in [4.69, 9.17) is 9.47 Å². The Bertz CT molecular complexity index is 998. The van der Waals surface area contributed by atoms with Gasteiger partial charge in [0.25, 0.3) is 0 Å². The third-order valence-corrected chi connectivity index (χ3v) is 6.40. The summed E-state index contributed by atoms with van der Waals surface area (Å²) >= 11 is 0. The maximum Gasteiger partial charge on any atom is 0.416 e. The van der Waals surface area contributed by atoms with Gasteiger partial charge in [0, 0.05) is 50.7 Å². The number of anilines is 2. The minimum Gasteiger partial charge on any atom is -0.497 e. The van der Waals surface area contributed by atoms with Crippen LogP contribution >= 0.6 is 0 Å². The van der Waals surface area contributed by atoms with Crippen LogP contribution in [0.1, 0.15) is 11.1 Å². The number of carbonyl (C=O) groups is 1. The molecule has 4 rings (SSSR count). The Morgan fingerprint density at radius 3 is 2.70 bits per heavy atom. The van der Waals surface area contributed by atoms with Crippen molar-refractivity contribution in [2.45, 2.75) is 18.6 Å². The van der Waals surface area contributed by atoms with E-state index >= 15 is 0 Å². The van der Waals surface area contributed by atoms with Gasteiger partial charge in [-0.3, -0.25) is 4.79 Å². The molecular weight excluding hydrogens is 435 g/mol. The van der Waals surface area contributed by atoms with Crippen molar-refractivity contribution in [2.75, 3.05) is 56.8 Å². The number of amides is 1. The lowest BCUT2D eigenvalue weighted by Crippen LogP contribution is -2.61. The molecule has 0 bridgehead atoms. The van der Waals surface area contributed by atoms with Crippen molar-refractivity contribution in [2.24, 2.45) is 5.92 Å². The Morgan fingerprint density at radius 2 is 1.97 bits per heavy atom. The van der Waals surface area contributed by atoms with Crippen LogP contribution in [0, 0.1) is 5.92 Å². The van der Waals surface area contributed by atoms with Gasteiger partial charge in [-0.05, 0) is 42.3 Å². The first-order chi connectivity index (χ1) is 15.8. The number of piperazine rings is 1. The van der Waals surface area contributed by atoms with Crippen LogP contribution in [0.15, 0.2) is 42.5 Å². The molecule has 2 heterocycles. The molecule has 9 heteroatoms. The van der Waals surface area contributed by atoms with Gasteiger partial charge in [0.1, 0.15) is 5.75 Å². The number of benzene rings is 2. The molecular formula is C24H28F3N3O3. The van der Waals surface area contributed by atoms with E-state index < -0.39 is 17.7 Å². The van der Waals surface area contributed by atoms with Crippen LogP contribution in [0.4, 0.5) is 24.5 Å². The maximum atomic E-state index is 13.3. The van der Waals surface area contributed by atoms with Crippen LogP contribution in [0.3, 0.4) is 0 Å². The second-order valence-electron chi connectivity index (χ2n) is 8.34. The van der Waals surface area contributed by atoms with Crippen molar-refractivity contribution in [3.05, 3.63) is 53.6 Å². The SMILES string of the molecule is COCCNC(=O)[C@@H]1Cc2cc(C(F)(F)F)ccc2N2CCN(c3cccc(OC)c3)C[C@H]12. The Labute approximate surface area is 191 Å². The molecule has 0 unspecified atom stereocenters. The van der Waals surface area contributed by atoms with E-state index in [2.05, 4.69) is 15.1 Å². The predicted octanol–water partition coefficient (Wildman–Crippen LogP) is 3.34. The molecule has 2 aromatic carbocycles. The average Bonchev–Trinajstić information content (AvgIpc) is 2.82. The molecule has 0 spiro atoms. The van der Waals surface area contributed by atoms with E-state index in [1.54, 1.807) is 20.3 Å². The van der Waals surface area contributed by atoms with Gasteiger partial charge in [-0.25, -0.2) is 0 Å². The van der Waals surface area contributed by atoms with Crippen molar-refractivity contribution in [1.29, 1.82) is 0 Å². The fraction of sp³-hybridized carbons (Fsp3) is 0.458. The third kappa shape index (κ3) is 4.88. The predicted molar refractivity (Wildman–Crippen MR) is 120 cm³/mol. The molecule has 6 nitrogen and oxygen atoms in total. The molecule has 0 radical (unpaired) electrons. The standard InChI is InChI=1S/C24H28F3N3O3/c1-32-11-8-28-23(31)20-13-16-12-17(24(25,26)27)6-7-21(16)30-10-9-29(15-22(20)30)18-4-3-5-19(14-18)33-2/h3-7,12,14,20,22H,8-11,13,15H2,1-2H3,(H,28,31)/t20-,22-/m1/s1. The first-order valence-electron chi connectivity index (χ1n) is 10.9. The lowest BCUT2D eigenvalue weighted by atomic mass is 9.82. The quantitative estimate of drug-likeness (QED) is 0.666. The average molecular weight is 464 g/mol. The number of rotatable bonds is 6. The van der Waals surface area contributed by atoms with Crippen LogP contribution in [0.25, 0.3) is 0 Å². The topological polar surface area (TPSA) is 54.0 Å². The van der Waals surface area contributed by atoms with Crippen LogP contribution in [0.2, 0.25) is 0 Å². The number of nitrogens with one attached hydrogen (secondary N) is 1. The Kier molecular flexibility index (Phi) is 6.69. The summed E-state index contributed by atoms with van der Waals surface area (Å²) in [5.41, 5.74) is 1.64. The van der Waals surface area contributed by atoms with E-state index in [1.165, 1.54) is 6.07 Å². The fourth-order valence-corrected chi connectivity index (χ4v) is 4.75. The van der Waals surface area contributed by atoms with Gasteiger partial charge < -0.3 is 24.6 Å². The summed E-state index contributed by atoms with van der Waals surface area (Å²) in [6.07, 6.45) is -4.17. The molecule has 0 saturated carbocycles. The molecule has 178 valence electrons. The Hall–Kier alpha value is -2.94. The van der Waals surface area contributed by atoms with E-state index in [-0.39, 0.29) is 18.4 Å². The highest BCUT2D eigenvalue weighted by Crippen LogP contribution is 2.40. The molecule has 1 amide bonds. The monoisotopic (exact) mass is 463 g/mol. The number of fused-ring (bicyclic) bond motifs is 3. The number of hydrogen-bond acceptors (Lipinski definition) is 5. The number of methoxy groups -OCH3 is 2. The fourth-order valence-electron chi connectivity index (χ4n) is 4.75. The highest BCUT2D eigenvalue weighted by atomic mass is 19.4. The van der Waals surface area contributed by atoms with Crippen LogP contribution in [0.5, 0.6) is 5.75 Å². The van der Waals surface area contributed by atoms with Crippen LogP contribution in [-0.4, -0.2) is 59.0 Å². The van der Waals surface area contributed by atoms with Gasteiger partial charge in [-0.1, -0.05) is 6.07 Å². The lowest BCUT2D eigenvalue weighted by Gasteiger charge is -2.49. The molecule has 0 aliphatic carbocycles. The highest BCUT2D eigenvalue weighted by molar-refractivity contribution is 5.82. The smallest absolute Gasteiger partial charge is 0.416 e. The zero-order valence-corrected chi connectivity index (χ0v) is 18.7. The largest absolute Gasteiger partial charge is 0.497 e. The summed E-state index contributed by atoms with van der Waals surface area (Å²) in [7, 11) is 3.17. The minimum absolute atomic E-state index is 0.169. The van der Waals surface area contributed by atoms with Crippen LogP contribution in [-0.2, 0) is 22.1 Å². The van der Waals surface area contributed by atoms with Crippen molar-refractivity contribution in [3.8, 4) is 5.75 Å². The Balaban J connectivity index is 1.65. The van der Waals surface area contributed by atoms with E-state index in [1.807, 2.05) is 24.3 Å². The molecule has 33 heavy (non-hydrogen) atoms. The summed E-state index contributed by atoms with van der Waals surface area (Å²) in [5, 5.41) is 2.88. The van der Waals surface area contributed by atoms with Crippen molar-refractivity contribution >= 4 is 17.3 Å². The van der Waals surface area contributed by atoms with Gasteiger partial charge in [-0.2, -0.15) is 13.2 Å². The maximum absolute atomic E-state index is 13.3. The number of nitrogens with zero attached hydrogens (tertiary/aromatic N) is 2. The lowest BCUT2D eigenvalue weighted by molar-refractivity contribution is -0.137.